The molecule has 24 heteroatoms. The Balaban J connectivity index is 5.48. The summed E-state index contributed by atoms with van der Waals surface area (Å²) in [4.78, 5) is 23.2. The van der Waals surface area contributed by atoms with Gasteiger partial charge in [0.05, 0.1) is 18.5 Å². The molecule has 38 heavy (non-hydrogen) atoms. The van der Waals surface area contributed by atoms with Crippen LogP contribution in [0.3, 0.4) is 0 Å². The number of ether oxygens (including phenoxy) is 2. The van der Waals surface area contributed by atoms with E-state index in [2.05, 4.69) is 18.8 Å². The highest BCUT2D eigenvalue weighted by atomic mass is 32.2. The van der Waals surface area contributed by atoms with Gasteiger partial charge < -0.3 is 9.47 Å². The Hall–Kier alpha value is -1.95. The summed E-state index contributed by atoms with van der Waals surface area (Å²) in [5.74, 6) is -44.3. The van der Waals surface area contributed by atoms with Crippen molar-refractivity contribution in [2.24, 2.45) is 0 Å². The molecule has 0 heterocycles. The summed E-state index contributed by atoms with van der Waals surface area (Å²) in [6.07, 6.45) is -12.6. The highest BCUT2D eigenvalue weighted by Gasteiger charge is 2.76. The summed E-state index contributed by atoms with van der Waals surface area (Å²) in [7, 11) is 0. The molecule has 226 valence electrons. The van der Waals surface area contributed by atoms with Gasteiger partial charge in [-0.1, -0.05) is 5.04 Å². The lowest BCUT2D eigenvalue weighted by Gasteiger charge is -2.32. The van der Waals surface area contributed by atoms with E-state index in [1.165, 1.54) is 0 Å². The van der Waals surface area contributed by atoms with Gasteiger partial charge in [-0.05, 0) is 0 Å². The van der Waals surface area contributed by atoms with Crippen LogP contribution in [-0.4, -0.2) is 84.0 Å². The summed E-state index contributed by atoms with van der Waals surface area (Å²) >= 11 is -0.729. The van der Waals surface area contributed by atoms with Gasteiger partial charge in [0, 0.05) is 0 Å². The third kappa shape index (κ3) is 7.58. The maximum absolute atomic E-state index is 13.4. The molecule has 0 aliphatic rings. The van der Waals surface area contributed by atoms with Gasteiger partial charge in [0.15, 0.2) is 13.2 Å². The van der Waals surface area contributed by atoms with Crippen molar-refractivity contribution >= 4 is 24.0 Å². The quantitative estimate of drug-likeness (QED) is 0.0819. The van der Waals surface area contributed by atoms with E-state index in [1.807, 2.05) is 0 Å². The molecular weight excluding hydrogens is 616 g/mol. The summed E-state index contributed by atoms with van der Waals surface area (Å²) in [6, 6.07) is 0. The van der Waals surface area contributed by atoms with Gasteiger partial charge in [-0.25, -0.2) is 22.8 Å². The van der Waals surface area contributed by atoms with Crippen LogP contribution >= 0.6 is 12.0 Å². The van der Waals surface area contributed by atoms with E-state index >= 15 is 0 Å². The normalized spacial score (nSPS) is 15.1. The molecule has 0 saturated carbocycles. The first-order chi connectivity index (χ1) is 16.8. The van der Waals surface area contributed by atoms with E-state index in [-0.39, 0.29) is 0 Å². The van der Waals surface area contributed by atoms with Crippen molar-refractivity contribution in [2.45, 2.75) is 60.1 Å². The number of esters is 2. The average molecular weight is 626 g/mol. The van der Waals surface area contributed by atoms with Crippen LogP contribution in [0.5, 0.6) is 0 Å². The molecule has 0 aromatic carbocycles. The van der Waals surface area contributed by atoms with Crippen LogP contribution in [0.1, 0.15) is 6.42 Å². The minimum atomic E-state index is -6.86. The summed E-state index contributed by atoms with van der Waals surface area (Å²) < 4.78 is 216. The smallest absolute Gasteiger partial charge is 0.381 e. The second-order valence-corrected chi connectivity index (χ2v) is 7.50. The molecule has 0 radical (unpaired) electrons. The maximum Gasteiger partial charge on any atom is 0.381 e. The Morgan fingerprint density at radius 2 is 1.05 bits per heavy atom. The van der Waals surface area contributed by atoms with Crippen LogP contribution < -0.4 is 0 Å². The van der Waals surface area contributed by atoms with Gasteiger partial charge in [-0.3, -0.25) is 9.59 Å². The van der Waals surface area contributed by atoms with Crippen molar-refractivity contribution in [3.05, 3.63) is 0 Å². The van der Waals surface area contributed by atoms with E-state index in [0.29, 0.717) is 0 Å². The van der Waals surface area contributed by atoms with Gasteiger partial charge in [-0.2, -0.15) is 52.7 Å². The third-order valence-electron chi connectivity index (χ3n) is 3.92. The first kappa shape index (κ1) is 36.0. The number of rotatable bonds is 16. The lowest BCUT2D eigenvalue weighted by molar-refractivity contribution is -0.432. The number of hydrogen-bond donors (Lipinski definition) is 1. The van der Waals surface area contributed by atoms with E-state index < -0.39 is 97.3 Å². The van der Waals surface area contributed by atoms with Gasteiger partial charge >= 0.3 is 60.3 Å². The van der Waals surface area contributed by atoms with Crippen LogP contribution in [-0.2, 0) is 28.4 Å². The molecule has 0 aromatic heterocycles. The predicted molar refractivity (Wildman–Crippen MR) is 84.4 cm³/mol. The van der Waals surface area contributed by atoms with E-state index in [4.69, 9.17) is 5.26 Å². The molecule has 0 saturated heterocycles. The Morgan fingerprint density at radius 1 is 0.684 bits per heavy atom. The standard InChI is InChI=1S/C14H10F16O7S/c15-7(16)11(23,24)13(27,28)9(19,20)2-34-5(31)1-4(38-37-36-33)6(32)35-3-10(21,22)14(29,30)12(25,26)8(17)18/h4,7-8,33H,1-3H2. The fourth-order valence-corrected chi connectivity index (χ4v) is 2.28. The van der Waals surface area contributed by atoms with Crippen molar-refractivity contribution in [2.75, 3.05) is 13.2 Å². The summed E-state index contributed by atoms with van der Waals surface area (Å²) in [6.45, 7) is -6.18. The monoisotopic (exact) mass is 626 g/mol. The van der Waals surface area contributed by atoms with Gasteiger partial charge in [-0.15, -0.1) is 4.33 Å². The van der Waals surface area contributed by atoms with Crippen molar-refractivity contribution in [3.8, 4) is 0 Å². The van der Waals surface area contributed by atoms with Crippen LogP contribution in [0, 0.1) is 0 Å². The zero-order chi connectivity index (χ0) is 30.5. The molecule has 0 rings (SSSR count). The van der Waals surface area contributed by atoms with Crippen molar-refractivity contribution in [3.63, 3.8) is 0 Å². The van der Waals surface area contributed by atoms with Crippen molar-refractivity contribution in [1.29, 1.82) is 0 Å². The fourth-order valence-electron chi connectivity index (χ4n) is 1.80. The van der Waals surface area contributed by atoms with Gasteiger partial charge in [0.1, 0.15) is 5.25 Å². The Labute approximate surface area is 202 Å². The molecule has 1 N–H and O–H groups in total. The molecule has 0 amide bonds. The largest absolute Gasteiger partial charge is 0.459 e. The zero-order valence-corrected chi connectivity index (χ0v) is 18.0. The highest BCUT2D eigenvalue weighted by Crippen LogP contribution is 2.49. The number of alkyl halides is 16. The topological polar surface area (TPSA) is 91.3 Å². The zero-order valence-electron chi connectivity index (χ0n) is 17.2. The second-order valence-electron chi connectivity index (χ2n) is 6.60. The highest BCUT2D eigenvalue weighted by molar-refractivity contribution is 7.95. The van der Waals surface area contributed by atoms with E-state index in [0.717, 1.165) is 0 Å². The Morgan fingerprint density at radius 3 is 1.39 bits per heavy atom. The Kier molecular flexibility index (Phi) is 11.8. The van der Waals surface area contributed by atoms with Gasteiger partial charge in [0.2, 0.25) is 0 Å². The number of hydrogen-bond acceptors (Lipinski definition) is 8. The SMILES string of the molecule is O=C(CC(SOOO)C(=O)OCC(F)(F)C(F)(F)C(F)(F)C(F)F)OCC(F)(F)C(F)(F)C(F)(F)C(F)F. The molecule has 0 spiro atoms. The first-order valence-electron chi connectivity index (χ1n) is 8.62. The minimum Gasteiger partial charge on any atom is -0.459 e. The lowest BCUT2D eigenvalue weighted by Crippen LogP contribution is -2.59. The summed E-state index contributed by atoms with van der Waals surface area (Å²) in [5.41, 5.74) is 0. The summed E-state index contributed by atoms with van der Waals surface area (Å²) in [5, 5.41) is 8.16. The van der Waals surface area contributed by atoms with E-state index in [1.54, 1.807) is 0 Å². The fraction of sp³-hybridized carbons (Fsp3) is 0.857. The first-order valence-corrected chi connectivity index (χ1v) is 9.43. The van der Waals surface area contributed by atoms with Crippen molar-refractivity contribution < 1.29 is 104 Å². The Bertz CT molecular complexity index is 809. The molecule has 0 aliphatic heterocycles. The van der Waals surface area contributed by atoms with Crippen molar-refractivity contribution in [1.82, 2.24) is 0 Å². The van der Waals surface area contributed by atoms with Crippen LogP contribution in [0.4, 0.5) is 70.2 Å². The molecule has 1 atom stereocenters. The third-order valence-corrected chi connectivity index (χ3v) is 4.65. The van der Waals surface area contributed by atoms with Gasteiger partial charge in [0.25, 0.3) is 0 Å². The lowest BCUT2D eigenvalue weighted by atomic mass is 10.1. The molecule has 0 fully saturated rings. The molecular formula is C14H10F16O7S. The number of carbonyl (C=O) groups is 2. The maximum atomic E-state index is 13.4. The van der Waals surface area contributed by atoms with Crippen LogP contribution in [0.2, 0.25) is 0 Å². The minimum absolute atomic E-state index is 0.729. The van der Waals surface area contributed by atoms with Crippen LogP contribution in [0.15, 0.2) is 0 Å². The molecule has 0 aromatic rings. The second kappa shape index (κ2) is 12.5. The average Bonchev–Trinajstić information content (AvgIpc) is 2.78. The molecule has 0 aliphatic carbocycles. The predicted octanol–water partition coefficient (Wildman–Crippen LogP) is 5.24. The molecule has 1 unspecified atom stereocenters. The number of halogens is 16. The molecule has 0 bridgehead atoms. The van der Waals surface area contributed by atoms with Crippen LogP contribution in [0.25, 0.3) is 0 Å². The van der Waals surface area contributed by atoms with E-state index in [9.17, 15) is 79.8 Å². The molecule has 7 nitrogen and oxygen atoms in total. The number of carbonyl (C=O) groups excluding carboxylic acids is 2.